The van der Waals surface area contributed by atoms with E-state index in [-0.39, 0.29) is 10.8 Å². The second kappa shape index (κ2) is 8.74. The second-order valence-corrected chi connectivity index (χ2v) is 13.4. The van der Waals surface area contributed by atoms with Crippen LogP contribution in [-0.4, -0.2) is 0 Å². The molecule has 2 aliphatic carbocycles. The molecule has 0 fully saturated rings. The van der Waals surface area contributed by atoms with Crippen LogP contribution in [0.2, 0.25) is 0 Å². The first-order valence-corrected chi connectivity index (χ1v) is 15.4. The van der Waals surface area contributed by atoms with Crippen molar-refractivity contribution >= 4 is 0 Å². The predicted molar refractivity (Wildman–Crippen MR) is 179 cm³/mol. The quantitative estimate of drug-likeness (QED) is 0.206. The molecule has 0 unspecified atom stereocenters. The van der Waals surface area contributed by atoms with Crippen LogP contribution >= 0.6 is 0 Å². The number of hydrogen-bond acceptors (Lipinski definition) is 2. The van der Waals surface area contributed by atoms with Gasteiger partial charge in [0.1, 0.15) is 0 Å². The van der Waals surface area contributed by atoms with Gasteiger partial charge in [0, 0.05) is 10.8 Å². The molecule has 0 atom stereocenters. The molecule has 1 heterocycles. The van der Waals surface area contributed by atoms with Crippen molar-refractivity contribution in [2.75, 3.05) is 0 Å². The van der Waals surface area contributed by atoms with Gasteiger partial charge in [-0.2, -0.15) is 0 Å². The van der Waals surface area contributed by atoms with Crippen molar-refractivity contribution in [1.29, 1.82) is 0 Å². The normalized spacial score (nSPS) is 15.5. The molecule has 2 heteroatoms. The van der Waals surface area contributed by atoms with Gasteiger partial charge in [-0.15, -0.1) is 0 Å². The Bertz CT molecular complexity index is 2180. The summed E-state index contributed by atoms with van der Waals surface area (Å²) >= 11 is 0. The average molecular weight is 569 g/mol. The largest absolute Gasteiger partial charge is 0.450 e. The number of hydrogen-bond donors (Lipinski definition) is 0. The van der Waals surface area contributed by atoms with Crippen LogP contribution in [0.4, 0.5) is 0 Å². The molecule has 3 aliphatic rings. The van der Waals surface area contributed by atoms with E-state index >= 15 is 0 Å². The van der Waals surface area contributed by atoms with Gasteiger partial charge in [-0.1, -0.05) is 107 Å². The SMILES string of the molecule is CC1(C)c2ccccc2-c2ccc(-c3ccc4c(c3)C(C)(C)c3cc(-c5ccc6c(c5)Oc5ccccc5O6)ccc3-4)cc21. The molecule has 0 aromatic heterocycles. The zero-order chi connectivity index (χ0) is 29.8. The monoisotopic (exact) mass is 568 g/mol. The summed E-state index contributed by atoms with van der Waals surface area (Å²) in [5, 5.41) is 0. The molecule has 0 spiro atoms. The van der Waals surface area contributed by atoms with Gasteiger partial charge >= 0.3 is 0 Å². The molecule has 0 radical (unpaired) electrons. The van der Waals surface area contributed by atoms with E-state index in [9.17, 15) is 0 Å². The maximum absolute atomic E-state index is 6.21. The van der Waals surface area contributed by atoms with Crippen LogP contribution in [-0.2, 0) is 10.8 Å². The highest BCUT2D eigenvalue weighted by molar-refractivity contribution is 5.88. The van der Waals surface area contributed by atoms with E-state index in [1.807, 2.05) is 30.3 Å². The van der Waals surface area contributed by atoms with Gasteiger partial charge in [0.2, 0.25) is 0 Å². The van der Waals surface area contributed by atoms with E-state index in [1.54, 1.807) is 0 Å². The highest BCUT2D eigenvalue weighted by atomic mass is 16.6. The number of ether oxygens (including phenoxy) is 2. The molecule has 0 N–H and O–H groups in total. The molecule has 9 rings (SSSR count). The molecule has 0 saturated heterocycles. The minimum absolute atomic E-state index is 0.0121. The van der Waals surface area contributed by atoms with Crippen molar-refractivity contribution in [3.05, 3.63) is 144 Å². The molecule has 1 aliphatic heterocycles. The van der Waals surface area contributed by atoms with Crippen LogP contribution in [0, 0.1) is 0 Å². The Balaban J connectivity index is 1.07. The van der Waals surface area contributed by atoms with Crippen LogP contribution in [0.5, 0.6) is 23.0 Å². The third-order valence-electron chi connectivity index (χ3n) is 10.2. The Kier molecular flexibility index (Phi) is 5.05. The summed E-state index contributed by atoms with van der Waals surface area (Å²) in [7, 11) is 0. The van der Waals surface area contributed by atoms with Crippen LogP contribution in [0.1, 0.15) is 49.9 Å². The minimum Gasteiger partial charge on any atom is -0.450 e. The molecule has 0 bridgehead atoms. The van der Waals surface area contributed by atoms with Crippen LogP contribution in [0.25, 0.3) is 44.5 Å². The second-order valence-electron chi connectivity index (χ2n) is 13.4. The molecular formula is C42H32O2. The molecule has 0 amide bonds. The fourth-order valence-electron chi connectivity index (χ4n) is 7.69. The van der Waals surface area contributed by atoms with Crippen LogP contribution in [0.3, 0.4) is 0 Å². The maximum Gasteiger partial charge on any atom is 0.170 e. The third-order valence-corrected chi connectivity index (χ3v) is 10.2. The van der Waals surface area contributed by atoms with Crippen LogP contribution < -0.4 is 9.47 Å². The van der Waals surface area contributed by atoms with Gasteiger partial charge in [0.25, 0.3) is 0 Å². The van der Waals surface area contributed by atoms with Crippen molar-refractivity contribution in [3.63, 3.8) is 0 Å². The highest BCUT2D eigenvalue weighted by Crippen LogP contribution is 2.53. The molecule has 44 heavy (non-hydrogen) atoms. The predicted octanol–water partition coefficient (Wildman–Crippen LogP) is 11.5. The van der Waals surface area contributed by atoms with E-state index in [2.05, 4.69) is 119 Å². The van der Waals surface area contributed by atoms with E-state index in [0.29, 0.717) is 0 Å². The number of fused-ring (bicyclic) bond motifs is 8. The summed E-state index contributed by atoms with van der Waals surface area (Å²) < 4.78 is 12.3. The standard InChI is InChI=1S/C42H32O2/c1-41(2)33-10-6-5-9-29(33)30-17-13-25(21-34(30)41)26-14-18-31-32-19-15-27(23-36(32)42(3,4)35(31)22-26)28-16-20-39-40(24-28)44-38-12-8-7-11-37(38)43-39/h5-24H,1-4H3. The lowest BCUT2D eigenvalue weighted by Gasteiger charge is -2.24. The summed E-state index contributed by atoms with van der Waals surface area (Å²) in [5.41, 5.74) is 15.6. The van der Waals surface area contributed by atoms with E-state index in [0.717, 1.165) is 28.6 Å². The van der Waals surface area contributed by atoms with E-state index < -0.39 is 0 Å². The lowest BCUT2D eigenvalue weighted by atomic mass is 9.80. The molecule has 6 aromatic rings. The van der Waals surface area contributed by atoms with Gasteiger partial charge in [-0.25, -0.2) is 0 Å². The molecule has 2 nitrogen and oxygen atoms in total. The number of para-hydroxylation sites is 2. The van der Waals surface area contributed by atoms with Crippen molar-refractivity contribution in [3.8, 4) is 67.5 Å². The Hall–Kier alpha value is -5.08. The van der Waals surface area contributed by atoms with Gasteiger partial charge in [-0.05, 0) is 109 Å². The van der Waals surface area contributed by atoms with Gasteiger partial charge < -0.3 is 9.47 Å². The van der Waals surface area contributed by atoms with Gasteiger partial charge in [0.05, 0.1) is 0 Å². The first-order valence-electron chi connectivity index (χ1n) is 15.4. The van der Waals surface area contributed by atoms with Crippen molar-refractivity contribution in [2.45, 2.75) is 38.5 Å². The third kappa shape index (κ3) is 3.48. The van der Waals surface area contributed by atoms with E-state index in [1.165, 1.54) is 61.2 Å². The summed E-state index contributed by atoms with van der Waals surface area (Å²) in [5.74, 6) is 2.98. The zero-order valence-corrected chi connectivity index (χ0v) is 25.4. The fourth-order valence-corrected chi connectivity index (χ4v) is 7.69. The molecule has 6 aromatic carbocycles. The Labute approximate surface area is 258 Å². The van der Waals surface area contributed by atoms with Crippen molar-refractivity contribution in [1.82, 2.24) is 0 Å². The Morgan fingerprint density at radius 2 is 0.727 bits per heavy atom. The van der Waals surface area contributed by atoms with Crippen molar-refractivity contribution in [2.24, 2.45) is 0 Å². The molecular weight excluding hydrogens is 536 g/mol. The average Bonchev–Trinajstić information content (AvgIpc) is 3.42. The summed E-state index contributed by atoms with van der Waals surface area (Å²) in [6.45, 7) is 9.41. The lowest BCUT2D eigenvalue weighted by Crippen LogP contribution is -2.15. The smallest absolute Gasteiger partial charge is 0.170 e. The maximum atomic E-state index is 6.21. The Morgan fingerprint density at radius 1 is 0.341 bits per heavy atom. The topological polar surface area (TPSA) is 18.5 Å². The number of rotatable bonds is 2. The van der Waals surface area contributed by atoms with E-state index in [4.69, 9.17) is 9.47 Å². The Morgan fingerprint density at radius 3 is 1.30 bits per heavy atom. The fraction of sp³-hybridized carbons (Fsp3) is 0.143. The number of benzene rings is 6. The zero-order valence-electron chi connectivity index (χ0n) is 25.4. The highest BCUT2D eigenvalue weighted by Gasteiger charge is 2.37. The summed E-state index contributed by atoms with van der Waals surface area (Å²) in [6.07, 6.45) is 0. The molecule has 212 valence electrons. The van der Waals surface area contributed by atoms with Gasteiger partial charge in [-0.3, -0.25) is 0 Å². The first-order chi connectivity index (χ1) is 21.3. The van der Waals surface area contributed by atoms with Gasteiger partial charge in [0.15, 0.2) is 23.0 Å². The minimum atomic E-state index is -0.129. The summed E-state index contributed by atoms with van der Waals surface area (Å²) in [4.78, 5) is 0. The lowest BCUT2D eigenvalue weighted by molar-refractivity contribution is 0.360. The van der Waals surface area contributed by atoms with Crippen LogP contribution in [0.15, 0.2) is 121 Å². The molecule has 0 saturated carbocycles. The summed E-state index contributed by atoms with van der Waals surface area (Å²) in [6, 6.07) is 43.9. The van der Waals surface area contributed by atoms with Crippen molar-refractivity contribution < 1.29 is 9.47 Å². The first kappa shape index (κ1) is 25.4.